The summed E-state index contributed by atoms with van der Waals surface area (Å²) < 4.78 is 27.3. The van der Waals surface area contributed by atoms with Gasteiger partial charge in [0.05, 0.1) is 5.69 Å². The lowest BCUT2D eigenvalue weighted by molar-refractivity contribution is 0.575. The highest BCUT2D eigenvalue weighted by molar-refractivity contribution is 7.89. The first-order valence-corrected chi connectivity index (χ1v) is 8.77. The molecule has 0 saturated heterocycles. The summed E-state index contributed by atoms with van der Waals surface area (Å²) in [5.41, 5.74) is 8.30. The van der Waals surface area contributed by atoms with Crippen LogP contribution in [-0.2, 0) is 16.6 Å². The zero-order valence-corrected chi connectivity index (χ0v) is 13.9. The summed E-state index contributed by atoms with van der Waals surface area (Å²) in [7, 11) is -3.85. The summed E-state index contributed by atoms with van der Waals surface area (Å²) in [5.74, 6) is -0.142. The molecule has 8 heteroatoms. The molecule has 7 nitrogen and oxygen atoms in total. The first-order valence-electron chi connectivity index (χ1n) is 7.29. The highest BCUT2D eigenvalue weighted by Gasteiger charge is 2.23. The van der Waals surface area contributed by atoms with Crippen LogP contribution in [0.3, 0.4) is 0 Å². The fourth-order valence-electron chi connectivity index (χ4n) is 2.13. The zero-order chi connectivity index (χ0) is 17.2. The third-order valence-corrected chi connectivity index (χ3v) is 4.76. The average Bonchev–Trinajstić information content (AvgIpc) is 2.97. The maximum absolute atomic E-state index is 12.4. The predicted octanol–water partition coefficient (Wildman–Crippen LogP) is 1.64. The normalized spacial score (nSPS) is 11.5. The monoisotopic (exact) mass is 343 g/mol. The highest BCUT2D eigenvalue weighted by atomic mass is 32.2. The number of rotatable bonds is 5. The summed E-state index contributed by atoms with van der Waals surface area (Å²) in [6.45, 7) is 2.11. The summed E-state index contributed by atoms with van der Waals surface area (Å²) in [5, 5.41) is 7.74. The molecule has 0 bridgehead atoms. The van der Waals surface area contributed by atoms with E-state index in [1.54, 1.807) is 12.1 Å². The second-order valence-electron chi connectivity index (χ2n) is 5.33. The third kappa shape index (κ3) is 3.44. The number of nitrogens with zero attached hydrogens (tertiary/aromatic N) is 3. The van der Waals surface area contributed by atoms with Crippen molar-refractivity contribution in [2.75, 3.05) is 5.73 Å². The van der Waals surface area contributed by atoms with E-state index in [0.29, 0.717) is 5.69 Å². The van der Waals surface area contributed by atoms with E-state index in [9.17, 15) is 8.42 Å². The number of anilines is 1. The number of nitrogens with two attached hydrogens (primary N) is 1. The first-order chi connectivity index (χ1) is 11.5. The number of benzene rings is 2. The molecule has 3 rings (SSSR count). The molecule has 0 spiro atoms. The van der Waals surface area contributed by atoms with E-state index in [1.807, 2.05) is 49.4 Å². The van der Waals surface area contributed by atoms with E-state index < -0.39 is 10.0 Å². The lowest BCUT2D eigenvalue weighted by Crippen LogP contribution is -2.24. The van der Waals surface area contributed by atoms with Crippen molar-refractivity contribution < 1.29 is 8.42 Å². The highest BCUT2D eigenvalue weighted by Crippen LogP contribution is 2.16. The van der Waals surface area contributed by atoms with Crippen LogP contribution in [0.1, 0.15) is 11.1 Å². The molecule has 0 amide bonds. The van der Waals surface area contributed by atoms with Crippen molar-refractivity contribution in [3.8, 4) is 5.69 Å². The van der Waals surface area contributed by atoms with Gasteiger partial charge in [-0.1, -0.05) is 48.0 Å². The lowest BCUT2D eigenvalue weighted by atomic mass is 10.2. The van der Waals surface area contributed by atoms with E-state index in [2.05, 4.69) is 14.9 Å². The Bertz CT molecular complexity index is 934. The molecule has 0 radical (unpaired) electrons. The maximum atomic E-state index is 12.4. The van der Waals surface area contributed by atoms with Crippen LogP contribution in [0, 0.1) is 6.92 Å². The lowest BCUT2D eigenvalue weighted by Gasteiger charge is -2.04. The fourth-order valence-corrected chi connectivity index (χ4v) is 3.13. The fraction of sp³-hybridized carbons (Fsp3) is 0.125. The van der Waals surface area contributed by atoms with Gasteiger partial charge >= 0.3 is 0 Å². The molecular formula is C16H17N5O2S. The molecule has 124 valence electrons. The van der Waals surface area contributed by atoms with Gasteiger partial charge < -0.3 is 5.73 Å². The van der Waals surface area contributed by atoms with Crippen molar-refractivity contribution >= 4 is 15.8 Å². The van der Waals surface area contributed by atoms with E-state index in [0.717, 1.165) is 11.1 Å². The molecule has 0 aliphatic rings. The van der Waals surface area contributed by atoms with Crippen LogP contribution in [0.15, 0.2) is 59.6 Å². The van der Waals surface area contributed by atoms with Crippen LogP contribution < -0.4 is 10.5 Å². The molecule has 0 fully saturated rings. The summed E-state index contributed by atoms with van der Waals surface area (Å²) in [6.07, 6.45) is 0. The number of hydrogen-bond donors (Lipinski definition) is 2. The Labute approximate surface area is 140 Å². The number of aryl methyl sites for hydroxylation is 1. The van der Waals surface area contributed by atoms with Gasteiger partial charge in [0, 0.05) is 6.54 Å². The van der Waals surface area contributed by atoms with E-state index in [1.165, 1.54) is 4.80 Å². The van der Waals surface area contributed by atoms with Crippen LogP contribution >= 0.6 is 0 Å². The minimum absolute atomic E-state index is 0.142. The molecule has 0 atom stereocenters. The first kappa shape index (κ1) is 16.2. The Morgan fingerprint density at radius 2 is 1.71 bits per heavy atom. The largest absolute Gasteiger partial charge is 0.380 e. The van der Waals surface area contributed by atoms with Gasteiger partial charge in [0.25, 0.3) is 10.0 Å². The smallest absolute Gasteiger partial charge is 0.264 e. The molecule has 24 heavy (non-hydrogen) atoms. The molecule has 1 aromatic heterocycles. The Hall–Kier alpha value is -2.71. The zero-order valence-electron chi connectivity index (χ0n) is 13.0. The third-order valence-electron chi connectivity index (χ3n) is 3.44. The Balaban J connectivity index is 1.84. The quantitative estimate of drug-likeness (QED) is 0.733. The van der Waals surface area contributed by atoms with Crippen molar-refractivity contribution in [1.29, 1.82) is 0 Å². The van der Waals surface area contributed by atoms with Gasteiger partial charge in [-0.15, -0.1) is 15.0 Å². The number of nitrogens with one attached hydrogen (secondary N) is 1. The summed E-state index contributed by atoms with van der Waals surface area (Å²) >= 11 is 0. The predicted molar refractivity (Wildman–Crippen MR) is 91.0 cm³/mol. The van der Waals surface area contributed by atoms with Gasteiger partial charge in [-0.05, 0) is 24.6 Å². The Kier molecular flexibility index (Phi) is 4.32. The standard InChI is InChI=1S/C16H17N5O2S/c1-12-7-9-14(10-8-12)21-19-15(17)16(20-21)24(22,23)18-11-13-5-3-2-4-6-13/h2-10,18H,11H2,1H3,(H2,17,19). The van der Waals surface area contributed by atoms with Gasteiger partial charge in [0.15, 0.2) is 5.82 Å². The molecule has 1 heterocycles. The van der Waals surface area contributed by atoms with Crippen LogP contribution in [-0.4, -0.2) is 23.4 Å². The van der Waals surface area contributed by atoms with Crippen molar-refractivity contribution in [2.24, 2.45) is 0 Å². The van der Waals surface area contributed by atoms with E-state index in [-0.39, 0.29) is 17.4 Å². The summed E-state index contributed by atoms with van der Waals surface area (Å²) in [6, 6.07) is 16.6. The molecule has 0 unspecified atom stereocenters. The second kappa shape index (κ2) is 6.42. The van der Waals surface area contributed by atoms with Crippen molar-refractivity contribution in [3.05, 3.63) is 65.7 Å². The van der Waals surface area contributed by atoms with Crippen LogP contribution in [0.2, 0.25) is 0 Å². The van der Waals surface area contributed by atoms with Gasteiger partial charge in [-0.2, -0.15) is 0 Å². The molecule has 3 aromatic rings. The van der Waals surface area contributed by atoms with Crippen LogP contribution in [0.4, 0.5) is 5.82 Å². The molecule has 2 aromatic carbocycles. The number of nitrogen functional groups attached to an aromatic ring is 1. The summed E-state index contributed by atoms with van der Waals surface area (Å²) in [4.78, 5) is 1.21. The molecule has 3 N–H and O–H groups in total. The minimum Gasteiger partial charge on any atom is -0.380 e. The Morgan fingerprint density at radius 3 is 2.38 bits per heavy atom. The topological polar surface area (TPSA) is 103 Å². The van der Waals surface area contributed by atoms with Gasteiger partial charge in [0.2, 0.25) is 5.03 Å². The number of sulfonamides is 1. The van der Waals surface area contributed by atoms with E-state index in [4.69, 9.17) is 5.73 Å². The van der Waals surface area contributed by atoms with Crippen molar-refractivity contribution in [3.63, 3.8) is 0 Å². The molecule has 0 saturated carbocycles. The van der Waals surface area contributed by atoms with Crippen LogP contribution in [0.5, 0.6) is 0 Å². The molecule has 0 aliphatic carbocycles. The van der Waals surface area contributed by atoms with Crippen molar-refractivity contribution in [2.45, 2.75) is 18.5 Å². The SMILES string of the molecule is Cc1ccc(-n2nc(N)c(S(=O)(=O)NCc3ccccc3)n2)cc1. The van der Waals surface area contributed by atoms with Crippen LogP contribution in [0.25, 0.3) is 5.69 Å². The number of aromatic nitrogens is 3. The van der Waals surface area contributed by atoms with Gasteiger partial charge in [0.1, 0.15) is 0 Å². The second-order valence-corrected chi connectivity index (χ2v) is 7.01. The number of hydrogen-bond acceptors (Lipinski definition) is 5. The minimum atomic E-state index is -3.85. The van der Waals surface area contributed by atoms with Gasteiger partial charge in [-0.3, -0.25) is 0 Å². The van der Waals surface area contributed by atoms with Crippen molar-refractivity contribution in [1.82, 2.24) is 19.7 Å². The Morgan fingerprint density at radius 1 is 1.04 bits per heavy atom. The van der Waals surface area contributed by atoms with Gasteiger partial charge in [-0.25, -0.2) is 13.1 Å². The molecule has 0 aliphatic heterocycles. The van der Waals surface area contributed by atoms with E-state index >= 15 is 0 Å². The average molecular weight is 343 g/mol. The molecular weight excluding hydrogens is 326 g/mol. The maximum Gasteiger partial charge on any atom is 0.264 e.